The second-order valence-electron chi connectivity index (χ2n) is 12.7. The molecule has 1 aliphatic carbocycles. The molecule has 0 unspecified atom stereocenters. The molecular weight excluding hydrogens is 642 g/mol. The first kappa shape index (κ1) is 35.2. The minimum atomic E-state index is -4.18. The Morgan fingerprint density at radius 2 is 1.50 bits per heavy atom. The largest absolute Gasteiger partial charge is 0.352 e. The fourth-order valence-corrected chi connectivity index (χ4v) is 7.97. The molecule has 7 nitrogen and oxygen atoms in total. The van der Waals surface area contributed by atoms with E-state index in [0.717, 1.165) is 59.9 Å². The second-order valence-corrected chi connectivity index (χ2v) is 15.0. The molecule has 1 saturated carbocycles. The minimum absolute atomic E-state index is 0.0287. The zero-order valence-corrected chi connectivity index (χ0v) is 29.4. The first-order chi connectivity index (χ1) is 23.0. The van der Waals surface area contributed by atoms with Crippen LogP contribution in [0.5, 0.6) is 0 Å². The van der Waals surface area contributed by atoms with Gasteiger partial charge >= 0.3 is 0 Å². The molecule has 0 heterocycles. The van der Waals surface area contributed by atoms with Crippen LogP contribution in [-0.4, -0.2) is 43.8 Å². The maximum Gasteiger partial charge on any atom is 0.264 e. The Bertz CT molecular complexity index is 1820. The number of nitrogens with one attached hydrogen (secondary N) is 1. The van der Waals surface area contributed by atoms with Gasteiger partial charge in [0.25, 0.3) is 10.0 Å². The third-order valence-corrected chi connectivity index (χ3v) is 11.2. The van der Waals surface area contributed by atoms with E-state index in [1.807, 2.05) is 63.2 Å². The van der Waals surface area contributed by atoms with E-state index in [1.54, 1.807) is 54.6 Å². The van der Waals surface area contributed by atoms with Crippen molar-refractivity contribution < 1.29 is 18.0 Å². The molecule has 0 bridgehead atoms. The minimum Gasteiger partial charge on any atom is -0.352 e. The van der Waals surface area contributed by atoms with Gasteiger partial charge < -0.3 is 10.2 Å². The Kier molecular flexibility index (Phi) is 11.6. The Morgan fingerprint density at radius 1 is 0.833 bits per heavy atom. The molecular formula is C39H44ClN3O4S. The number of aryl methyl sites for hydroxylation is 2. The summed E-state index contributed by atoms with van der Waals surface area (Å²) in [4.78, 5) is 30.7. The average molecular weight is 686 g/mol. The lowest BCUT2D eigenvalue weighted by Gasteiger charge is -2.35. The van der Waals surface area contributed by atoms with E-state index in [2.05, 4.69) is 5.32 Å². The SMILES string of the molecule is Cc1ccc(S(=O)(=O)N(CC(=O)N(Cc2cccc(Cl)c2)[C@@H](Cc2ccccc2)C(=O)NC2CCCCC2)c2cccc(C)c2C)cc1. The first-order valence-electron chi connectivity index (χ1n) is 16.6. The van der Waals surface area contributed by atoms with Gasteiger partial charge in [0, 0.05) is 24.0 Å². The van der Waals surface area contributed by atoms with E-state index in [1.165, 1.54) is 9.21 Å². The van der Waals surface area contributed by atoms with Crippen LogP contribution in [0, 0.1) is 20.8 Å². The van der Waals surface area contributed by atoms with Crippen LogP contribution in [-0.2, 0) is 32.6 Å². The molecule has 1 aliphatic rings. The van der Waals surface area contributed by atoms with Crippen molar-refractivity contribution in [2.45, 2.75) is 82.8 Å². The van der Waals surface area contributed by atoms with Crippen molar-refractivity contribution in [3.05, 3.63) is 130 Å². The number of sulfonamides is 1. The van der Waals surface area contributed by atoms with Crippen LogP contribution in [0.1, 0.15) is 59.9 Å². The van der Waals surface area contributed by atoms with Gasteiger partial charge in [0.1, 0.15) is 12.6 Å². The predicted octanol–water partition coefficient (Wildman–Crippen LogP) is 7.55. The summed E-state index contributed by atoms with van der Waals surface area (Å²) in [5.41, 5.74) is 4.61. The van der Waals surface area contributed by atoms with Crippen molar-refractivity contribution in [2.75, 3.05) is 10.8 Å². The molecule has 1 N–H and O–H groups in total. The highest BCUT2D eigenvalue weighted by molar-refractivity contribution is 7.92. The number of halogens is 1. The highest BCUT2D eigenvalue weighted by atomic mass is 35.5. The third-order valence-electron chi connectivity index (χ3n) is 9.20. The summed E-state index contributed by atoms with van der Waals surface area (Å²) in [6.07, 6.45) is 5.27. The van der Waals surface area contributed by atoms with E-state index in [4.69, 9.17) is 11.6 Å². The van der Waals surface area contributed by atoms with Gasteiger partial charge in [-0.05, 0) is 86.2 Å². The summed E-state index contributed by atoms with van der Waals surface area (Å²) in [6, 6.07) is 28.0. The van der Waals surface area contributed by atoms with Gasteiger partial charge in [-0.3, -0.25) is 13.9 Å². The smallest absolute Gasteiger partial charge is 0.264 e. The van der Waals surface area contributed by atoms with Crippen molar-refractivity contribution >= 4 is 39.1 Å². The standard InChI is InChI=1S/C39H44ClN3O4S/c1-28-20-22-35(23-21-28)48(46,47)43(36-19-10-12-29(2)30(36)3)27-38(44)42(26-32-15-11-16-33(40)24-32)37(25-31-13-6-4-7-14-31)39(45)41-34-17-8-5-9-18-34/h4,6-7,10-16,19-24,34,37H,5,8-9,17-18,25-27H2,1-3H3,(H,41,45)/t37-/m0/s1. The molecule has 5 rings (SSSR count). The number of benzene rings is 4. The second kappa shape index (κ2) is 15.8. The van der Waals surface area contributed by atoms with Crippen LogP contribution in [0.4, 0.5) is 5.69 Å². The molecule has 48 heavy (non-hydrogen) atoms. The lowest BCUT2D eigenvalue weighted by atomic mass is 9.94. The van der Waals surface area contributed by atoms with E-state index < -0.39 is 28.5 Å². The summed E-state index contributed by atoms with van der Waals surface area (Å²) in [7, 11) is -4.18. The van der Waals surface area contributed by atoms with Gasteiger partial charge in [-0.2, -0.15) is 0 Å². The molecule has 0 aromatic heterocycles. The highest BCUT2D eigenvalue weighted by Crippen LogP contribution is 2.30. The Balaban J connectivity index is 1.59. The monoisotopic (exact) mass is 685 g/mol. The quantitative estimate of drug-likeness (QED) is 0.167. The summed E-state index contributed by atoms with van der Waals surface area (Å²) in [5.74, 6) is -0.743. The highest BCUT2D eigenvalue weighted by Gasteiger charge is 2.36. The van der Waals surface area contributed by atoms with Crippen LogP contribution in [0.2, 0.25) is 5.02 Å². The van der Waals surface area contributed by atoms with Crippen molar-refractivity contribution in [2.24, 2.45) is 0 Å². The van der Waals surface area contributed by atoms with Crippen LogP contribution >= 0.6 is 11.6 Å². The number of hydrogen-bond acceptors (Lipinski definition) is 4. The van der Waals surface area contributed by atoms with Gasteiger partial charge in [-0.25, -0.2) is 8.42 Å². The normalized spacial score (nSPS) is 14.2. The van der Waals surface area contributed by atoms with Crippen molar-refractivity contribution in [3.63, 3.8) is 0 Å². The molecule has 0 radical (unpaired) electrons. The van der Waals surface area contributed by atoms with Crippen LogP contribution in [0.25, 0.3) is 0 Å². The number of anilines is 1. The Morgan fingerprint density at radius 3 is 2.19 bits per heavy atom. The van der Waals surface area contributed by atoms with Gasteiger partial charge in [-0.1, -0.05) is 103 Å². The van der Waals surface area contributed by atoms with Crippen LogP contribution < -0.4 is 9.62 Å². The summed E-state index contributed by atoms with van der Waals surface area (Å²) in [6.45, 7) is 5.23. The maximum absolute atomic E-state index is 14.8. The lowest BCUT2D eigenvalue weighted by molar-refractivity contribution is -0.140. The zero-order valence-electron chi connectivity index (χ0n) is 27.9. The van der Waals surface area contributed by atoms with Gasteiger partial charge in [0.05, 0.1) is 10.6 Å². The predicted molar refractivity (Wildman–Crippen MR) is 193 cm³/mol. The van der Waals surface area contributed by atoms with E-state index in [0.29, 0.717) is 10.7 Å². The molecule has 0 aliphatic heterocycles. The molecule has 4 aromatic rings. The molecule has 1 fully saturated rings. The van der Waals surface area contributed by atoms with Gasteiger partial charge in [0.2, 0.25) is 11.8 Å². The number of carbonyl (C=O) groups is 2. The Labute approximate surface area is 290 Å². The Hall–Kier alpha value is -4.14. The summed E-state index contributed by atoms with van der Waals surface area (Å²) in [5, 5.41) is 3.75. The average Bonchev–Trinajstić information content (AvgIpc) is 3.07. The lowest BCUT2D eigenvalue weighted by Crippen LogP contribution is -2.55. The molecule has 9 heteroatoms. The number of amides is 2. The number of hydrogen-bond donors (Lipinski definition) is 1. The third kappa shape index (κ3) is 8.65. The van der Waals surface area contributed by atoms with Crippen molar-refractivity contribution in [1.29, 1.82) is 0 Å². The summed E-state index contributed by atoms with van der Waals surface area (Å²) < 4.78 is 30.0. The maximum atomic E-state index is 14.8. The van der Waals surface area contributed by atoms with E-state index in [-0.39, 0.29) is 29.8 Å². The first-order valence-corrected chi connectivity index (χ1v) is 18.4. The fourth-order valence-electron chi connectivity index (χ4n) is 6.29. The van der Waals surface area contributed by atoms with E-state index >= 15 is 0 Å². The molecule has 0 spiro atoms. The topological polar surface area (TPSA) is 86.8 Å². The molecule has 2 amide bonds. The molecule has 4 aromatic carbocycles. The van der Waals surface area contributed by atoms with Gasteiger partial charge in [0.15, 0.2) is 0 Å². The molecule has 0 saturated heterocycles. The number of carbonyl (C=O) groups excluding carboxylic acids is 2. The van der Waals surface area contributed by atoms with E-state index in [9.17, 15) is 18.0 Å². The van der Waals surface area contributed by atoms with Crippen LogP contribution in [0.3, 0.4) is 0 Å². The van der Waals surface area contributed by atoms with Crippen molar-refractivity contribution in [1.82, 2.24) is 10.2 Å². The van der Waals surface area contributed by atoms with Gasteiger partial charge in [-0.15, -0.1) is 0 Å². The summed E-state index contributed by atoms with van der Waals surface area (Å²) >= 11 is 6.37. The van der Waals surface area contributed by atoms with Crippen molar-refractivity contribution in [3.8, 4) is 0 Å². The zero-order chi connectivity index (χ0) is 34.3. The fraction of sp³-hybridized carbons (Fsp3) is 0.333. The molecule has 252 valence electrons. The number of rotatable bonds is 12. The van der Waals surface area contributed by atoms with Crippen LogP contribution in [0.15, 0.2) is 102 Å². The number of nitrogens with zero attached hydrogens (tertiary/aromatic N) is 2. The molecule has 1 atom stereocenters.